The molecule has 16 N–H and O–H groups in total. The molecule has 608 valence electrons. The van der Waals surface area contributed by atoms with Crippen molar-refractivity contribution in [1.82, 2.24) is 0 Å². The maximum atomic E-state index is 14.0. The van der Waals surface area contributed by atoms with Crippen LogP contribution in [0.25, 0.3) is 98.4 Å². The molecule has 0 aromatic heterocycles. The Morgan fingerprint density at radius 1 is 0.392 bits per heavy atom. The minimum atomic E-state index is -0.987. The van der Waals surface area contributed by atoms with Crippen molar-refractivity contribution in [3.05, 3.63) is 224 Å². The van der Waals surface area contributed by atoms with Gasteiger partial charge in [-0.3, -0.25) is 29.8 Å². The number of aldehydes is 2. The van der Waals surface area contributed by atoms with Crippen molar-refractivity contribution in [2.24, 2.45) is 21.8 Å². The van der Waals surface area contributed by atoms with Crippen molar-refractivity contribution >= 4 is 159 Å². The lowest BCUT2D eigenvalue weighted by molar-refractivity contribution is -0.113. The summed E-state index contributed by atoms with van der Waals surface area (Å²) in [4.78, 5) is 106. The molecular formula is C94H82N6O20. The van der Waals surface area contributed by atoms with Gasteiger partial charge in [0, 0.05) is 110 Å². The molecule has 12 aromatic carbocycles. The Bertz CT molecular complexity index is 6310. The average molecular weight is 1620 g/mol. The number of phenols is 8. The normalized spacial score (nSPS) is 13.2. The number of isocyanates is 2. The van der Waals surface area contributed by atoms with Crippen molar-refractivity contribution in [1.29, 1.82) is 0 Å². The smallest absolute Gasteiger partial charge is 0.416 e. The van der Waals surface area contributed by atoms with Gasteiger partial charge in [0.05, 0.1) is 45.0 Å². The van der Waals surface area contributed by atoms with Crippen LogP contribution in [0.15, 0.2) is 167 Å². The number of allylic oxidation sites excluding steroid dienone is 4. The number of phenolic OH excluding ortho intramolecular Hbond substituents is 8. The Hall–Kier alpha value is -15.5. The second kappa shape index (κ2) is 33.4. The molecule has 0 spiro atoms. The molecule has 26 heteroatoms. The number of carbonyl (C=O) groups is 6. The number of fused-ring (bicyclic) bond motifs is 7. The highest BCUT2D eigenvalue weighted by molar-refractivity contribution is 6.35. The number of nitrogens with zero attached hydrogens (tertiary/aromatic N) is 2. The van der Waals surface area contributed by atoms with Crippen LogP contribution in [-0.2, 0) is 28.7 Å². The van der Waals surface area contributed by atoms with Crippen LogP contribution < -0.4 is 22.1 Å². The summed E-state index contributed by atoms with van der Waals surface area (Å²) in [5, 5.41) is 123. The molecule has 12 aromatic rings. The number of ketones is 2. The number of nitrogens with one attached hydrogen (secondary N) is 2. The number of aryl methyl sites for hydroxylation is 4. The molecular weight excluding hydrogens is 1530 g/mol. The van der Waals surface area contributed by atoms with Crippen LogP contribution >= 0.6 is 0 Å². The van der Waals surface area contributed by atoms with E-state index in [-0.39, 0.29) is 101 Å². The molecule has 0 radical (unpaired) electrons. The number of benzene rings is 12. The minimum absolute atomic E-state index is 0.00512. The second-order valence-corrected chi connectivity index (χ2v) is 30.1. The lowest BCUT2D eigenvalue weighted by Gasteiger charge is -2.29. The third-order valence-corrected chi connectivity index (χ3v) is 21.3. The number of aliphatic hydroxyl groups is 2. The number of aromatic hydroxyl groups is 8. The van der Waals surface area contributed by atoms with Crippen molar-refractivity contribution < 1.29 is 98.9 Å². The summed E-state index contributed by atoms with van der Waals surface area (Å²) in [6, 6.07) is 37.8. The fraction of sp³-hybridized carbons (Fsp3) is 0.170. The van der Waals surface area contributed by atoms with Crippen LogP contribution in [0.2, 0.25) is 0 Å². The molecule has 0 atom stereocenters. The molecule has 0 saturated carbocycles. The highest BCUT2D eigenvalue weighted by Gasteiger charge is 2.40. The van der Waals surface area contributed by atoms with Crippen LogP contribution in [0.4, 0.5) is 43.7 Å². The van der Waals surface area contributed by atoms with Gasteiger partial charge in [0.2, 0.25) is 23.7 Å². The SMILES string of the molecule is Cc1cc2c(C(C)C)c(O)c(O)c(C=O)c2c(O)c1-c1c(C)cc2c(C(C)C)c(O)c(O)c(C=O)c2c1O.Cc1cc2c(c(O)c1-c1c(C)cc3c(c1O)/C(=C/OC(=O)Nc1cccc4c(N)cccc14)C(=O)C(O)=C3C(C)C)/C(=C/OC(=O)Nc1cccc3c(N)cccc13)C(=O)C(O)=C2C(C)C.O=C=Nc1cccc2c(N=C=O)cccc12. The van der Waals surface area contributed by atoms with Crippen LogP contribution in [-0.4, -0.2) is 99.6 Å². The Balaban J connectivity index is 0.000000203. The van der Waals surface area contributed by atoms with Gasteiger partial charge in [0.15, 0.2) is 47.1 Å². The first kappa shape index (κ1) is 83.9. The molecule has 14 rings (SSSR count). The zero-order chi connectivity index (χ0) is 87.2. The van der Waals surface area contributed by atoms with E-state index in [1.165, 1.54) is 12.2 Å². The maximum Gasteiger partial charge on any atom is 0.416 e. The predicted molar refractivity (Wildman–Crippen MR) is 461 cm³/mol. The number of aliphatic imine (C=N–C) groups is 2. The molecule has 2 aliphatic carbocycles. The van der Waals surface area contributed by atoms with Gasteiger partial charge in [-0.05, 0) is 132 Å². The molecule has 0 heterocycles. The molecule has 0 unspecified atom stereocenters. The minimum Gasteiger partial charge on any atom is -0.507 e. The lowest BCUT2D eigenvalue weighted by Crippen LogP contribution is -2.20. The summed E-state index contributed by atoms with van der Waals surface area (Å²) in [7, 11) is 0. The molecule has 0 saturated heterocycles. The fourth-order valence-corrected chi connectivity index (χ4v) is 16.1. The summed E-state index contributed by atoms with van der Waals surface area (Å²) >= 11 is 0. The third-order valence-electron chi connectivity index (χ3n) is 21.3. The van der Waals surface area contributed by atoms with E-state index >= 15 is 0 Å². The zero-order valence-corrected chi connectivity index (χ0v) is 66.9. The highest BCUT2D eigenvalue weighted by atomic mass is 16.5. The number of aliphatic hydroxyl groups excluding tert-OH is 2. The average Bonchev–Trinajstić information content (AvgIpc) is 0.722. The molecule has 2 amide bonds. The summed E-state index contributed by atoms with van der Waals surface area (Å²) in [5.74, 6) is -8.53. The zero-order valence-electron chi connectivity index (χ0n) is 66.9. The van der Waals surface area contributed by atoms with Crippen LogP contribution in [0.3, 0.4) is 0 Å². The molecule has 0 bridgehead atoms. The van der Waals surface area contributed by atoms with Gasteiger partial charge in [0.25, 0.3) is 0 Å². The van der Waals surface area contributed by atoms with Crippen molar-refractivity contribution in [3.63, 3.8) is 0 Å². The monoisotopic (exact) mass is 1610 g/mol. The number of nitrogen functional groups attached to an aromatic ring is 2. The van der Waals surface area contributed by atoms with E-state index in [0.29, 0.717) is 112 Å². The number of carbonyl (C=O) groups excluding carboxylic acids is 8. The van der Waals surface area contributed by atoms with Crippen LogP contribution in [0.5, 0.6) is 46.0 Å². The highest BCUT2D eigenvalue weighted by Crippen LogP contribution is 2.57. The van der Waals surface area contributed by atoms with E-state index in [2.05, 4.69) is 20.6 Å². The summed E-state index contributed by atoms with van der Waals surface area (Å²) in [6.07, 6.45) is 3.39. The van der Waals surface area contributed by atoms with Gasteiger partial charge in [-0.25, -0.2) is 19.2 Å². The summed E-state index contributed by atoms with van der Waals surface area (Å²) in [6.45, 7) is 20.9. The first-order valence-corrected chi connectivity index (χ1v) is 37.7. The first-order valence-electron chi connectivity index (χ1n) is 37.7. The number of Topliss-reactive ketones (excluding diaryl/α,β-unsaturated/α-hetero) is 2. The molecule has 120 heavy (non-hydrogen) atoms. The standard InChI is InChI=1S/C52H46N4O10.C30H30O8.C12H6N2O2/c1-23(2)39-31-19-25(5)41(47(59)43(31)33(45(57)49(39)61)21-65-51(63)55-37-17-9-11-27-29(37)13-7-15-35(27)53)42-26(6)20-32-40(24(3)4)50(62)46(58)34(44(32)48(42)60)22-66-52(64)56-38-18-10-12-28-30(38)14-8-16-36(28)54;1-11(2)19-15-7-13(5)21(27(35)23(15)17(9-31)25(33)29(19)37)22-14(6)8-16-20(12(3)4)30(38)26(34)18(10-32)24(16)28(22)36;15-7-13-11-5-1-3-9-10(11)4-2-6-12(9)14-8-16/h7-24,59-62H,53-54H2,1-6H3,(H,55,63)(H,56,64);7-12,33-38H,1-6H3;1-6H/b33-21-,34-22-;;. The topological polar surface area (TPSA) is 458 Å². The Morgan fingerprint density at radius 3 is 1.04 bits per heavy atom. The molecule has 26 nitrogen and oxygen atoms in total. The van der Waals surface area contributed by atoms with E-state index in [0.717, 1.165) is 23.3 Å². The quantitative estimate of drug-likeness (QED) is 0.00914. The third kappa shape index (κ3) is 14.6. The Kier molecular flexibility index (Phi) is 23.3. The van der Waals surface area contributed by atoms with Gasteiger partial charge in [-0.15, -0.1) is 0 Å². The van der Waals surface area contributed by atoms with Crippen molar-refractivity contribution in [2.45, 2.75) is 94.9 Å². The summed E-state index contributed by atoms with van der Waals surface area (Å²) in [5.41, 5.74) is 17.3. The first-order chi connectivity index (χ1) is 57.1. The van der Waals surface area contributed by atoms with Crippen LogP contribution in [0, 0.1) is 39.5 Å². The maximum absolute atomic E-state index is 14.0. The lowest BCUT2D eigenvalue weighted by atomic mass is 9.75. The van der Waals surface area contributed by atoms with E-state index in [9.17, 15) is 89.4 Å². The van der Waals surface area contributed by atoms with Gasteiger partial charge >= 0.3 is 12.2 Å². The largest absolute Gasteiger partial charge is 0.507 e. The molecule has 0 fully saturated rings. The van der Waals surface area contributed by atoms with E-state index < -0.39 is 93.1 Å². The van der Waals surface area contributed by atoms with Crippen molar-refractivity contribution in [2.75, 3.05) is 22.1 Å². The molecule has 0 aliphatic heterocycles. The fourth-order valence-electron chi connectivity index (χ4n) is 16.1. The number of rotatable bonds is 14. The Morgan fingerprint density at radius 2 is 0.708 bits per heavy atom. The number of anilines is 4. The van der Waals surface area contributed by atoms with E-state index in [1.54, 1.807) is 217 Å². The Labute approximate surface area is 685 Å². The molecule has 2 aliphatic rings. The summed E-state index contributed by atoms with van der Waals surface area (Å²) < 4.78 is 11.0. The van der Waals surface area contributed by atoms with Gasteiger partial charge in [-0.2, -0.15) is 9.98 Å². The number of nitrogens with two attached hydrogens (primary N) is 2. The predicted octanol–water partition coefficient (Wildman–Crippen LogP) is 20.2. The number of amides is 2. The number of hydrogen-bond donors (Lipinski definition) is 14. The van der Waals surface area contributed by atoms with Gasteiger partial charge < -0.3 is 72.0 Å². The van der Waals surface area contributed by atoms with Gasteiger partial charge in [-0.1, -0.05) is 152 Å². The van der Waals surface area contributed by atoms with Crippen molar-refractivity contribution in [3.8, 4) is 68.2 Å². The number of ether oxygens (including phenoxy) is 2. The van der Waals surface area contributed by atoms with E-state index in [4.69, 9.17) is 20.9 Å². The van der Waals surface area contributed by atoms with Gasteiger partial charge in [0.1, 0.15) is 35.5 Å². The van der Waals surface area contributed by atoms with Crippen LogP contribution in [0.1, 0.15) is 144 Å². The van der Waals surface area contributed by atoms with E-state index in [1.807, 2.05) is 0 Å². The number of hydrogen-bond acceptors (Lipinski definition) is 24. The second-order valence-electron chi connectivity index (χ2n) is 30.1.